The van der Waals surface area contributed by atoms with Crippen LogP contribution >= 0.6 is 11.3 Å². The van der Waals surface area contributed by atoms with Gasteiger partial charge in [-0.25, -0.2) is 9.97 Å². The van der Waals surface area contributed by atoms with Gasteiger partial charge in [-0.05, 0) is 19.3 Å². The van der Waals surface area contributed by atoms with Crippen molar-refractivity contribution in [1.29, 1.82) is 0 Å². The van der Waals surface area contributed by atoms with E-state index in [4.69, 9.17) is 11.5 Å². The fourth-order valence-electron chi connectivity index (χ4n) is 2.95. The van der Waals surface area contributed by atoms with E-state index < -0.39 is 10.8 Å². The number of hydrogen-bond donors (Lipinski definition) is 3. The molecule has 1 fully saturated rings. The Kier molecular flexibility index (Phi) is 3.83. The molecule has 0 aliphatic heterocycles. The van der Waals surface area contributed by atoms with Gasteiger partial charge in [-0.1, -0.05) is 6.08 Å². The lowest BCUT2D eigenvalue weighted by Gasteiger charge is -2.16. The number of nitrogen functional groups attached to an aromatic ring is 1. The molecule has 2 aromatic heterocycles. The highest BCUT2D eigenvalue weighted by atomic mass is 32.1. The minimum Gasteiger partial charge on any atom is -0.397 e. The van der Waals surface area contributed by atoms with Crippen molar-refractivity contribution in [2.45, 2.75) is 31.2 Å². The van der Waals surface area contributed by atoms with Crippen molar-refractivity contribution in [2.24, 2.45) is 5.73 Å². The summed E-state index contributed by atoms with van der Waals surface area (Å²) in [6.07, 6.45) is 7.42. The molecular formula is C16H16N6O3S. The predicted octanol–water partition coefficient (Wildman–Crippen LogP) is 2.15. The normalized spacial score (nSPS) is 19.4. The third kappa shape index (κ3) is 2.88. The number of amides is 1. The second-order valence-corrected chi connectivity index (χ2v) is 7.33. The quantitative estimate of drug-likeness (QED) is 0.537. The van der Waals surface area contributed by atoms with E-state index in [9.17, 15) is 14.9 Å². The van der Waals surface area contributed by atoms with Crippen LogP contribution in [0.15, 0.2) is 23.9 Å². The number of anilines is 2. The second-order valence-electron chi connectivity index (χ2n) is 6.33. The molecule has 0 bridgehead atoms. The molecule has 5 N–H and O–H groups in total. The first-order chi connectivity index (χ1) is 12.4. The molecule has 0 saturated heterocycles. The monoisotopic (exact) mass is 372 g/mol. The Morgan fingerprint density at radius 2 is 2.15 bits per heavy atom. The molecular weight excluding hydrogens is 356 g/mol. The summed E-state index contributed by atoms with van der Waals surface area (Å²) in [5, 5.41) is 14.9. The molecule has 26 heavy (non-hydrogen) atoms. The van der Waals surface area contributed by atoms with Crippen molar-refractivity contribution in [3.63, 3.8) is 0 Å². The fraction of sp³-hybridized carbons (Fsp3) is 0.312. The van der Waals surface area contributed by atoms with Crippen LogP contribution in [0, 0.1) is 10.1 Å². The number of nitro groups is 1. The molecule has 0 spiro atoms. The Balaban J connectivity index is 1.89. The topological polar surface area (TPSA) is 150 Å². The first-order valence-electron chi connectivity index (χ1n) is 8.13. The summed E-state index contributed by atoms with van der Waals surface area (Å²) in [6.45, 7) is 0. The van der Waals surface area contributed by atoms with Crippen LogP contribution in [0.2, 0.25) is 0 Å². The largest absolute Gasteiger partial charge is 0.397 e. The lowest BCUT2D eigenvalue weighted by Crippen LogP contribution is -2.12. The molecule has 2 heterocycles. The van der Waals surface area contributed by atoms with E-state index in [1.165, 1.54) is 6.08 Å². The highest BCUT2D eigenvalue weighted by Crippen LogP contribution is 2.40. The number of nitrogens with one attached hydrogen (secondary N) is 1. The maximum absolute atomic E-state index is 11.7. The number of rotatable bonds is 5. The van der Waals surface area contributed by atoms with Gasteiger partial charge in [0.05, 0.1) is 21.7 Å². The number of nitrogens with zero attached hydrogens (tertiary/aromatic N) is 3. The van der Waals surface area contributed by atoms with Crippen molar-refractivity contribution >= 4 is 39.1 Å². The zero-order valence-corrected chi connectivity index (χ0v) is 14.5. The van der Waals surface area contributed by atoms with E-state index in [0.29, 0.717) is 34.3 Å². The smallest absolute Gasteiger partial charge is 0.265 e. The van der Waals surface area contributed by atoms with Crippen LogP contribution in [0.1, 0.15) is 40.5 Å². The van der Waals surface area contributed by atoms with Crippen molar-refractivity contribution in [2.75, 3.05) is 11.1 Å². The number of hydrogen-bond acceptors (Lipinski definition) is 8. The molecule has 1 unspecified atom stereocenters. The molecule has 134 valence electrons. The number of carbonyl (C=O) groups is 1. The minimum atomic E-state index is -0.627. The van der Waals surface area contributed by atoms with Crippen LogP contribution in [-0.4, -0.2) is 26.8 Å². The predicted molar refractivity (Wildman–Crippen MR) is 98.6 cm³/mol. The van der Waals surface area contributed by atoms with Gasteiger partial charge in [-0.2, -0.15) is 0 Å². The molecule has 0 aromatic carbocycles. The fourth-order valence-corrected chi connectivity index (χ4v) is 3.91. The van der Waals surface area contributed by atoms with E-state index in [1.807, 2.05) is 0 Å². The van der Waals surface area contributed by atoms with E-state index in [1.54, 1.807) is 12.2 Å². The average molecular weight is 372 g/mol. The van der Waals surface area contributed by atoms with E-state index in [-0.39, 0.29) is 22.2 Å². The van der Waals surface area contributed by atoms with Crippen molar-refractivity contribution in [1.82, 2.24) is 9.97 Å². The van der Waals surface area contributed by atoms with Gasteiger partial charge in [0.15, 0.2) is 0 Å². The van der Waals surface area contributed by atoms with Gasteiger partial charge >= 0.3 is 0 Å². The number of nitrogens with two attached hydrogens (primary N) is 2. The van der Waals surface area contributed by atoms with Crippen LogP contribution in [0.25, 0.3) is 10.2 Å². The van der Waals surface area contributed by atoms with Gasteiger partial charge in [0.2, 0.25) is 5.95 Å². The van der Waals surface area contributed by atoms with Crippen molar-refractivity contribution < 1.29 is 9.72 Å². The summed E-state index contributed by atoms with van der Waals surface area (Å²) in [4.78, 5) is 32.2. The molecule has 9 nitrogen and oxygen atoms in total. The Bertz CT molecular complexity index is 992. The third-order valence-corrected chi connectivity index (χ3v) is 5.48. The average Bonchev–Trinajstić information content (AvgIpc) is 3.36. The Morgan fingerprint density at radius 1 is 1.38 bits per heavy atom. The van der Waals surface area contributed by atoms with Gasteiger partial charge in [0, 0.05) is 24.1 Å². The van der Waals surface area contributed by atoms with Crippen LogP contribution in [-0.2, 0) is 0 Å². The third-order valence-electron chi connectivity index (χ3n) is 4.36. The van der Waals surface area contributed by atoms with Crippen LogP contribution in [0.3, 0.4) is 0 Å². The first kappa shape index (κ1) is 16.5. The number of aromatic nitrogens is 2. The highest BCUT2D eigenvalue weighted by Gasteiger charge is 2.28. The van der Waals surface area contributed by atoms with Gasteiger partial charge in [0.25, 0.3) is 11.6 Å². The SMILES string of the molecule is NC(=O)c1sc2nc(NC3CC3)nc(C3C=C([N+](=O)[O-])C=CC3)c2c1N. The number of allylic oxidation sites excluding steroid dienone is 3. The molecule has 10 heteroatoms. The first-order valence-corrected chi connectivity index (χ1v) is 8.94. The summed E-state index contributed by atoms with van der Waals surface area (Å²) in [7, 11) is 0. The summed E-state index contributed by atoms with van der Waals surface area (Å²) >= 11 is 1.12. The number of primary amides is 1. The Morgan fingerprint density at radius 3 is 2.81 bits per heavy atom. The molecule has 2 aliphatic carbocycles. The van der Waals surface area contributed by atoms with Crippen LogP contribution in [0.5, 0.6) is 0 Å². The number of fused-ring (bicyclic) bond motifs is 1. The zero-order chi connectivity index (χ0) is 18.4. The summed E-state index contributed by atoms with van der Waals surface area (Å²) in [5.74, 6) is -0.514. The maximum Gasteiger partial charge on any atom is 0.265 e. The van der Waals surface area contributed by atoms with Crippen molar-refractivity contribution in [3.8, 4) is 0 Å². The summed E-state index contributed by atoms with van der Waals surface area (Å²) in [5.41, 5.74) is 12.4. The van der Waals surface area contributed by atoms with Crippen LogP contribution < -0.4 is 16.8 Å². The molecule has 1 saturated carbocycles. The van der Waals surface area contributed by atoms with Gasteiger partial charge < -0.3 is 16.8 Å². The Hall–Kier alpha value is -3.01. The molecule has 2 aromatic rings. The lowest BCUT2D eigenvalue weighted by atomic mass is 9.93. The van der Waals surface area contributed by atoms with Crippen LogP contribution in [0.4, 0.5) is 11.6 Å². The van der Waals surface area contributed by atoms with Crippen molar-refractivity contribution in [3.05, 3.63) is 44.6 Å². The number of thiophene rings is 1. The lowest BCUT2D eigenvalue weighted by molar-refractivity contribution is -0.419. The molecule has 1 amide bonds. The van der Waals surface area contributed by atoms with Gasteiger partial charge in [-0.3, -0.25) is 14.9 Å². The molecule has 1 atom stereocenters. The summed E-state index contributed by atoms with van der Waals surface area (Å²) < 4.78 is 0. The van der Waals surface area contributed by atoms with Gasteiger partial charge in [-0.15, -0.1) is 11.3 Å². The van der Waals surface area contributed by atoms with E-state index >= 15 is 0 Å². The molecule has 4 rings (SSSR count). The zero-order valence-electron chi connectivity index (χ0n) is 13.6. The molecule has 2 aliphatic rings. The van der Waals surface area contributed by atoms with E-state index in [2.05, 4.69) is 15.3 Å². The second kappa shape index (κ2) is 6.06. The highest BCUT2D eigenvalue weighted by molar-refractivity contribution is 7.21. The minimum absolute atomic E-state index is 0.00800. The van der Waals surface area contributed by atoms with E-state index in [0.717, 1.165) is 24.2 Å². The maximum atomic E-state index is 11.7. The summed E-state index contributed by atoms with van der Waals surface area (Å²) in [6, 6.07) is 0.337. The standard InChI is InChI=1S/C16H16N6O3S/c17-11-10-12(7-2-1-3-9(6-7)22(24)25)20-16(19-8-4-5-8)21-15(10)26-13(11)14(18)23/h1,3,6-8H,2,4-5,17H2,(H2,18,23)(H,19,20,21). The van der Waals surface area contributed by atoms with Gasteiger partial charge in [0.1, 0.15) is 9.71 Å². The molecule has 0 radical (unpaired) electrons. The number of carbonyl (C=O) groups excluding carboxylic acids is 1. The Labute approximate surface area is 151 Å².